The maximum Gasteiger partial charge on any atom is 0.341 e. The van der Waals surface area contributed by atoms with E-state index in [4.69, 9.17) is 25.8 Å². The normalized spacial score (nSPS) is 15.4. The zero-order valence-corrected chi connectivity index (χ0v) is 17.3. The fraction of sp³-hybridized carbons (Fsp3) is 0.364. The van der Waals surface area contributed by atoms with Crippen molar-refractivity contribution >= 4 is 29.2 Å². The summed E-state index contributed by atoms with van der Waals surface area (Å²) in [5.41, 5.74) is 0.924. The van der Waals surface area contributed by atoms with Gasteiger partial charge in [0, 0.05) is 23.9 Å². The van der Waals surface area contributed by atoms with E-state index in [1.54, 1.807) is 30.3 Å². The highest BCUT2D eigenvalue weighted by atomic mass is 35.5. The number of hydrogen-bond acceptors (Lipinski definition) is 5. The smallest absolute Gasteiger partial charge is 0.341 e. The third-order valence-electron chi connectivity index (χ3n) is 5.12. The van der Waals surface area contributed by atoms with Crippen molar-refractivity contribution in [1.82, 2.24) is 0 Å². The Hall–Kier alpha value is -2.57. The van der Waals surface area contributed by atoms with Crippen molar-refractivity contribution in [2.75, 3.05) is 32.2 Å². The largest absolute Gasteiger partial charge is 0.493 e. The van der Waals surface area contributed by atoms with Gasteiger partial charge in [-0.25, -0.2) is 4.79 Å². The second-order valence-electron chi connectivity index (χ2n) is 6.79. The van der Waals surface area contributed by atoms with Crippen molar-refractivity contribution < 1.29 is 23.8 Å². The first-order chi connectivity index (χ1) is 14.0. The van der Waals surface area contributed by atoms with E-state index in [-0.39, 0.29) is 11.5 Å². The Morgan fingerprint density at radius 3 is 2.45 bits per heavy atom. The van der Waals surface area contributed by atoms with Crippen LogP contribution in [-0.4, -0.2) is 38.8 Å². The van der Waals surface area contributed by atoms with Crippen LogP contribution >= 0.6 is 11.6 Å². The maximum absolute atomic E-state index is 13.4. The van der Waals surface area contributed by atoms with E-state index in [1.165, 1.54) is 7.11 Å². The molecule has 1 aliphatic heterocycles. The van der Waals surface area contributed by atoms with E-state index in [0.717, 1.165) is 5.56 Å². The number of carbonyl (C=O) groups excluding carboxylic acids is 2. The number of halogens is 1. The van der Waals surface area contributed by atoms with Gasteiger partial charge in [0.15, 0.2) is 0 Å². The molecule has 1 fully saturated rings. The number of carbonyl (C=O) groups is 2. The number of rotatable bonds is 6. The molecule has 2 aromatic carbocycles. The van der Waals surface area contributed by atoms with Crippen molar-refractivity contribution in [1.29, 1.82) is 0 Å². The lowest BCUT2D eigenvalue weighted by atomic mass is 9.73. The summed E-state index contributed by atoms with van der Waals surface area (Å²) in [5.74, 6) is -0.262. The number of amides is 1. The van der Waals surface area contributed by atoms with E-state index in [9.17, 15) is 9.59 Å². The first-order valence-corrected chi connectivity index (χ1v) is 9.88. The third kappa shape index (κ3) is 4.54. The molecule has 0 unspecified atom stereocenters. The standard InChI is InChI=1S/C22H24ClNO5/c1-3-29-19-9-8-17(14-18(19)20(25)27-2)24-21(26)22(10-12-28-13-11-22)15-4-6-16(23)7-5-15/h4-9,14H,3,10-13H2,1-2H3,(H,24,26). The predicted octanol–water partition coefficient (Wildman–Crippen LogP) is 4.21. The van der Waals surface area contributed by atoms with Gasteiger partial charge in [0.1, 0.15) is 11.3 Å². The molecule has 0 aliphatic carbocycles. The molecule has 1 N–H and O–H groups in total. The zero-order valence-electron chi connectivity index (χ0n) is 16.5. The molecule has 0 saturated carbocycles. The lowest BCUT2D eigenvalue weighted by molar-refractivity contribution is -0.125. The van der Waals surface area contributed by atoms with Gasteiger partial charge in [0.2, 0.25) is 5.91 Å². The Morgan fingerprint density at radius 1 is 1.14 bits per heavy atom. The molecule has 0 aromatic heterocycles. The van der Waals surface area contributed by atoms with Crippen LogP contribution in [0.2, 0.25) is 5.02 Å². The molecule has 154 valence electrons. The van der Waals surface area contributed by atoms with Crippen LogP contribution in [-0.2, 0) is 19.7 Å². The van der Waals surface area contributed by atoms with Crippen molar-refractivity contribution in [3.05, 3.63) is 58.6 Å². The summed E-state index contributed by atoms with van der Waals surface area (Å²) in [6.45, 7) is 3.23. The molecule has 1 aliphatic rings. The minimum Gasteiger partial charge on any atom is -0.493 e. The Labute approximate surface area is 175 Å². The van der Waals surface area contributed by atoms with Gasteiger partial charge in [-0.1, -0.05) is 23.7 Å². The van der Waals surface area contributed by atoms with E-state index in [2.05, 4.69) is 5.32 Å². The van der Waals surface area contributed by atoms with Gasteiger partial charge in [-0.15, -0.1) is 0 Å². The number of esters is 1. The summed E-state index contributed by atoms with van der Waals surface area (Å²) < 4.78 is 15.8. The van der Waals surface area contributed by atoms with Gasteiger partial charge < -0.3 is 19.5 Å². The van der Waals surface area contributed by atoms with Crippen LogP contribution < -0.4 is 10.1 Å². The summed E-state index contributed by atoms with van der Waals surface area (Å²) in [7, 11) is 1.31. The Kier molecular flexibility index (Phi) is 6.77. The number of hydrogen-bond donors (Lipinski definition) is 1. The molecule has 29 heavy (non-hydrogen) atoms. The SMILES string of the molecule is CCOc1ccc(NC(=O)C2(c3ccc(Cl)cc3)CCOCC2)cc1C(=O)OC. The van der Waals surface area contributed by atoms with Crippen LogP contribution in [0.4, 0.5) is 5.69 Å². The molecule has 0 radical (unpaired) electrons. The monoisotopic (exact) mass is 417 g/mol. The summed E-state index contributed by atoms with van der Waals surface area (Å²) in [6.07, 6.45) is 1.11. The van der Waals surface area contributed by atoms with Crippen LogP contribution in [0.1, 0.15) is 35.7 Å². The second-order valence-corrected chi connectivity index (χ2v) is 7.23. The van der Waals surface area contributed by atoms with Crippen LogP contribution in [0, 0.1) is 0 Å². The van der Waals surface area contributed by atoms with Gasteiger partial charge in [0.05, 0.1) is 19.1 Å². The number of nitrogens with one attached hydrogen (secondary N) is 1. The fourth-order valence-electron chi connectivity index (χ4n) is 3.54. The van der Waals surface area contributed by atoms with Crippen molar-refractivity contribution in [2.45, 2.75) is 25.2 Å². The van der Waals surface area contributed by atoms with E-state index in [0.29, 0.717) is 49.1 Å². The molecule has 7 heteroatoms. The molecular weight excluding hydrogens is 394 g/mol. The van der Waals surface area contributed by atoms with Crippen molar-refractivity contribution in [3.63, 3.8) is 0 Å². The highest BCUT2D eigenvalue weighted by Gasteiger charge is 2.41. The quantitative estimate of drug-likeness (QED) is 0.712. The number of anilines is 1. The highest BCUT2D eigenvalue weighted by molar-refractivity contribution is 6.30. The molecular formula is C22H24ClNO5. The number of ether oxygens (including phenoxy) is 3. The zero-order chi connectivity index (χ0) is 20.9. The first kappa shape index (κ1) is 21.1. The molecule has 0 bridgehead atoms. The van der Waals surface area contributed by atoms with Crippen LogP contribution in [0.15, 0.2) is 42.5 Å². The Balaban J connectivity index is 1.92. The molecule has 2 aromatic rings. The fourth-order valence-corrected chi connectivity index (χ4v) is 3.67. The second kappa shape index (κ2) is 9.29. The van der Waals surface area contributed by atoms with Gasteiger partial charge >= 0.3 is 5.97 Å². The topological polar surface area (TPSA) is 73.9 Å². The van der Waals surface area contributed by atoms with Gasteiger partial charge in [-0.2, -0.15) is 0 Å². The molecule has 1 heterocycles. The molecule has 6 nitrogen and oxygen atoms in total. The van der Waals surface area contributed by atoms with Gasteiger partial charge in [-0.05, 0) is 55.7 Å². The van der Waals surface area contributed by atoms with Crippen molar-refractivity contribution in [3.8, 4) is 5.75 Å². The number of benzene rings is 2. The molecule has 0 spiro atoms. The van der Waals surface area contributed by atoms with Crippen LogP contribution in [0.5, 0.6) is 5.75 Å². The van der Waals surface area contributed by atoms with Crippen molar-refractivity contribution in [2.24, 2.45) is 0 Å². The summed E-state index contributed by atoms with van der Waals surface area (Å²) in [6, 6.07) is 12.3. The summed E-state index contributed by atoms with van der Waals surface area (Å²) in [4.78, 5) is 25.5. The van der Waals surface area contributed by atoms with E-state index >= 15 is 0 Å². The minimum absolute atomic E-state index is 0.150. The molecule has 0 atom stereocenters. The maximum atomic E-state index is 13.4. The molecule has 1 amide bonds. The van der Waals surface area contributed by atoms with Gasteiger partial charge in [0.25, 0.3) is 0 Å². The van der Waals surface area contributed by atoms with Gasteiger partial charge in [-0.3, -0.25) is 4.79 Å². The third-order valence-corrected chi connectivity index (χ3v) is 5.37. The Bertz CT molecular complexity index is 875. The number of methoxy groups -OCH3 is 1. The summed E-state index contributed by atoms with van der Waals surface area (Å²) in [5, 5.41) is 3.58. The van der Waals surface area contributed by atoms with Crippen LogP contribution in [0.3, 0.4) is 0 Å². The molecule has 1 saturated heterocycles. The van der Waals surface area contributed by atoms with E-state index in [1.807, 2.05) is 19.1 Å². The highest BCUT2D eigenvalue weighted by Crippen LogP contribution is 2.37. The van der Waals surface area contributed by atoms with E-state index < -0.39 is 11.4 Å². The predicted molar refractivity (Wildman–Crippen MR) is 111 cm³/mol. The molecule has 3 rings (SSSR count). The van der Waals surface area contributed by atoms with Crippen LogP contribution in [0.25, 0.3) is 0 Å². The first-order valence-electron chi connectivity index (χ1n) is 9.50. The average Bonchev–Trinajstić information content (AvgIpc) is 2.75. The Morgan fingerprint density at radius 2 is 1.83 bits per heavy atom. The summed E-state index contributed by atoms with van der Waals surface area (Å²) >= 11 is 6.03. The minimum atomic E-state index is -0.729. The lowest BCUT2D eigenvalue weighted by Crippen LogP contribution is -2.44. The lowest BCUT2D eigenvalue weighted by Gasteiger charge is -2.36. The average molecular weight is 418 g/mol.